The van der Waals surface area contributed by atoms with Crippen molar-refractivity contribution in [3.05, 3.63) is 17.7 Å². The SMILES string of the molecule is CC(C)SN(C)c1cc(C(=O)NCC(N)CF)cc(NC[C@H]2C[C@@H]2C)n1. The topological polar surface area (TPSA) is 83.3 Å². The molecular formula is C18H30FN5OS. The van der Waals surface area contributed by atoms with Crippen molar-refractivity contribution in [2.24, 2.45) is 17.6 Å². The molecule has 146 valence electrons. The van der Waals surface area contributed by atoms with Crippen molar-refractivity contribution in [2.45, 2.75) is 38.5 Å². The van der Waals surface area contributed by atoms with Gasteiger partial charge >= 0.3 is 0 Å². The number of hydrogen-bond acceptors (Lipinski definition) is 6. The summed E-state index contributed by atoms with van der Waals surface area (Å²) in [5, 5.41) is 6.42. The Morgan fingerprint density at radius 1 is 1.50 bits per heavy atom. The van der Waals surface area contributed by atoms with Crippen molar-refractivity contribution < 1.29 is 9.18 Å². The Hall–Kier alpha value is -1.54. The van der Waals surface area contributed by atoms with E-state index in [1.165, 1.54) is 6.42 Å². The van der Waals surface area contributed by atoms with E-state index in [0.29, 0.717) is 28.4 Å². The molecule has 8 heteroatoms. The van der Waals surface area contributed by atoms with Gasteiger partial charge in [-0.15, -0.1) is 0 Å². The number of nitrogens with zero attached hydrogens (tertiary/aromatic N) is 2. The third-order valence-corrected chi connectivity index (χ3v) is 5.24. The number of anilines is 2. The van der Waals surface area contributed by atoms with Gasteiger partial charge in [0, 0.05) is 31.0 Å². The summed E-state index contributed by atoms with van der Waals surface area (Å²) in [6, 6.07) is 2.80. The average molecular weight is 384 g/mol. The van der Waals surface area contributed by atoms with E-state index >= 15 is 0 Å². The van der Waals surface area contributed by atoms with Crippen molar-refractivity contribution in [3.63, 3.8) is 0 Å². The number of carbonyl (C=O) groups is 1. The summed E-state index contributed by atoms with van der Waals surface area (Å²) < 4.78 is 14.5. The zero-order valence-corrected chi connectivity index (χ0v) is 16.8. The van der Waals surface area contributed by atoms with Crippen LogP contribution in [-0.2, 0) is 0 Å². The average Bonchev–Trinajstić information content (AvgIpc) is 3.31. The van der Waals surface area contributed by atoms with Crippen molar-refractivity contribution in [1.29, 1.82) is 0 Å². The maximum atomic E-state index is 12.5. The van der Waals surface area contributed by atoms with Gasteiger partial charge in [-0.3, -0.25) is 4.79 Å². The van der Waals surface area contributed by atoms with Crippen LogP contribution in [0.15, 0.2) is 12.1 Å². The quantitative estimate of drug-likeness (QED) is 0.539. The molecule has 0 saturated heterocycles. The van der Waals surface area contributed by atoms with E-state index in [2.05, 4.69) is 36.4 Å². The van der Waals surface area contributed by atoms with E-state index in [-0.39, 0.29) is 12.5 Å². The first-order valence-corrected chi connectivity index (χ1v) is 9.90. The van der Waals surface area contributed by atoms with Crippen LogP contribution in [-0.4, -0.2) is 49.0 Å². The van der Waals surface area contributed by atoms with Gasteiger partial charge in [0.05, 0.1) is 6.04 Å². The molecule has 0 spiro atoms. The first-order valence-electron chi connectivity index (χ1n) is 9.06. The molecule has 1 fully saturated rings. The highest BCUT2D eigenvalue weighted by Crippen LogP contribution is 2.37. The number of nitrogens with one attached hydrogen (secondary N) is 2. The zero-order valence-electron chi connectivity index (χ0n) is 16.0. The van der Waals surface area contributed by atoms with Gasteiger partial charge in [0.2, 0.25) is 0 Å². The molecule has 1 aromatic heterocycles. The molecule has 1 saturated carbocycles. The Morgan fingerprint density at radius 3 is 2.77 bits per heavy atom. The predicted molar refractivity (Wildman–Crippen MR) is 107 cm³/mol. The van der Waals surface area contributed by atoms with E-state index in [0.717, 1.165) is 12.5 Å². The van der Waals surface area contributed by atoms with Gasteiger partial charge in [0.15, 0.2) is 0 Å². The molecule has 1 amide bonds. The zero-order chi connectivity index (χ0) is 19.3. The standard InChI is InChI=1S/C18H30FN5OS/c1-11(2)26-24(4)17-7-13(18(25)22-10-15(20)8-19)6-16(23-17)21-9-14-5-12(14)3/h6-7,11-12,14-15H,5,8-10,20H2,1-4H3,(H,21,23)(H,22,25)/t12-,14+,15?/m0/s1. The monoisotopic (exact) mass is 383 g/mol. The second-order valence-corrected chi connectivity index (χ2v) is 8.93. The van der Waals surface area contributed by atoms with Crippen molar-refractivity contribution in [2.75, 3.05) is 36.4 Å². The van der Waals surface area contributed by atoms with Crippen LogP contribution in [0.5, 0.6) is 0 Å². The molecule has 2 rings (SSSR count). The molecule has 0 aliphatic heterocycles. The molecule has 3 atom stereocenters. The van der Waals surface area contributed by atoms with Gasteiger partial charge in [-0.25, -0.2) is 9.37 Å². The minimum absolute atomic E-state index is 0.103. The van der Waals surface area contributed by atoms with Gasteiger partial charge in [0.25, 0.3) is 5.91 Å². The molecular weight excluding hydrogens is 353 g/mol. The van der Waals surface area contributed by atoms with Gasteiger partial charge in [-0.2, -0.15) is 0 Å². The summed E-state index contributed by atoms with van der Waals surface area (Å²) in [7, 11) is 1.93. The van der Waals surface area contributed by atoms with E-state index in [9.17, 15) is 9.18 Å². The summed E-state index contributed by atoms with van der Waals surface area (Å²) in [4.78, 5) is 17.1. The van der Waals surface area contributed by atoms with Gasteiger partial charge in [-0.05, 0) is 42.3 Å². The van der Waals surface area contributed by atoms with Crippen LogP contribution in [0.2, 0.25) is 0 Å². The summed E-state index contributed by atoms with van der Waals surface area (Å²) in [5.41, 5.74) is 6.03. The largest absolute Gasteiger partial charge is 0.370 e. The molecule has 26 heavy (non-hydrogen) atoms. The number of pyridine rings is 1. The highest BCUT2D eigenvalue weighted by Gasteiger charge is 2.32. The van der Waals surface area contributed by atoms with Crippen LogP contribution in [0.25, 0.3) is 0 Å². The fraction of sp³-hybridized carbons (Fsp3) is 0.667. The van der Waals surface area contributed by atoms with Gasteiger partial charge in [0.1, 0.15) is 18.3 Å². The highest BCUT2D eigenvalue weighted by atomic mass is 32.2. The Bertz CT molecular complexity index is 615. The van der Waals surface area contributed by atoms with Crippen LogP contribution in [0, 0.1) is 11.8 Å². The first kappa shape index (κ1) is 20.8. The van der Waals surface area contributed by atoms with Crippen LogP contribution in [0.3, 0.4) is 0 Å². The number of halogens is 1. The molecule has 0 radical (unpaired) electrons. The molecule has 0 bridgehead atoms. The fourth-order valence-electron chi connectivity index (χ4n) is 2.57. The molecule has 1 aliphatic rings. The summed E-state index contributed by atoms with van der Waals surface area (Å²) in [5.74, 6) is 2.52. The van der Waals surface area contributed by atoms with E-state index in [1.807, 2.05) is 11.4 Å². The second-order valence-electron chi connectivity index (χ2n) is 7.23. The van der Waals surface area contributed by atoms with E-state index in [1.54, 1.807) is 24.1 Å². The van der Waals surface area contributed by atoms with E-state index in [4.69, 9.17) is 5.73 Å². The van der Waals surface area contributed by atoms with Crippen molar-refractivity contribution >= 4 is 29.5 Å². The maximum absolute atomic E-state index is 12.5. The van der Waals surface area contributed by atoms with Gasteiger partial charge in [-0.1, -0.05) is 20.8 Å². The Kier molecular flexibility index (Phi) is 7.52. The van der Waals surface area contributed by atoms with Crippen LogP contribution < -0.4 is 20.7 Å². The molecule has 1 aromatic rings. The molecule has 6 nitrogen and oxygen atoms in total. The lowest BCUT2D eigenvalue weighted by molar-refractivity contribution is 0.0950. The van der Waals surface area contributed by atoms with Crippen molar-refractivity contribution in [3.8, 4) is 0 Å². The number of aromatic nitrogens is 1. The molecule has 1 heterocycles. The molecule has 1 unspecified atom stereocenters. The number of carbonyl (C=O) groups excluding carboxylic acids is 1. The van der Waals surface area contributed by atoms with Crippen molar-refractivity contribution in [1.82, 2.24) is 10.3 Å². The van der Waals surface area contributed by atoms with Crippen LogP contribution in [0.4, 0.5) is 16.0 Å². The Balaban J connectivity index is 2.14. The normalized spacial score (nSPS) is 20.0. The number of alkyl halides is 1. The third-order valence-electron chi connectivity index (χ3n) is 4.31. The minimum Gasteiger partial charge on any atom is -0.370 e. The Labute approximate surface area is 159 Å². The van der Waals surface area contributed by atoms with Gasteiger partial charge < -0.3 is 20.7 Å². The first-order chi connectivity index (χ1) is 12.3. The maximum Gasteiger partial charge on any atom is 0.251 e. The molecule has 1 aliphatic carbocycles. The third kappa shape index (κ3) is 6.32. The lowest BCUT2D eigenvalue weighted by Crippen LogP contribution is -2.38. The number of nitrogens with two attached hydrogens (primary N) is 1. The molecule has 4 N–H and O–H groups in total. The van der Waals surface area contributed by atoms with Crippen LogP contribution >= 0.6 is 11.9 Å². The predicted octanol–water partition coefficient (Wildman–Crippen LogP) is 2.67. The minimum atomic E-state index is -0.687. The highest BCUT2D eigenvalue weighted by molar-refractivity contribution is 8.01. The van der Waals surface area contributed by atoms with E-state index < -0.39 is 12.7 Å². The fourth-order valence-corrected chi connectivity index (χ4v) is 3.40. The summed E-state index contributed by atoms with van der Waals surface area (Å²) >= 11 is 1.64. The Morgan fingerprint density at radius 2 is 2.19 bits per heavy atom. The van der Waals surface area contributed by atoms with Crippen LogP contribution in [0.1, 0.15) is 37.6 Å². The second kappa shape index (κ2) is 9.41. The number of amides is 1. The lowest BCUT2D eigenvalue weighted by Gasteiger charge is -2.21. The number of rotatable bonds is 10. The lowest BCUT2D eigenvalue weighted by atomic mass is 10.2. The summed E-state index contributed by atoms with van der Waals surface area (Å²) in [6.07, 6.45) is 1.23. The summed E-state index contributed by atoms with van der Waals surface area (Å²) in [6.45, 7) is 6.73. The molecule has 0 aromatic carbocycles. The smallest absolute Gasteiger partial charge is 0.251 e. The number of hydrogen-bond donors (Lipinski definition) is 3.